The van der Waals surface area contributed by atoms with Crippen molar-refractivity contribution in [1.29, 1.82) is 0 Å². The van der Waals surface area contributed by atoms with Gasteiger partial charge in [0.15, 0.2) is 6.61 Å². The standard InChI is InChI=1S/C24H25F3N2O2/c1-16-8-7-9-17(14-16)19-23(12-13-23)20(29(28-19)18-10-5-4-6-11-18)22(2,3)21(30)31-15-24(25,26)27/h4-11,14,20H,12-13,15H2,1-3H3. The lowest BCUT2D eigenvalue weighted by Gasteiger charge is -2.39. The first-order valence-corrected chi connectivity index (χ1v) is 10.3. The smallest absolute Gasteiger partial charge is 0.422 e. The Kier molecular flexibility index (Phi) is 5.10. The zero-order valence-electron chi connectivity index (χ0n) is 17.7. The van der Waals surface area contributed by atoms with Crippen LogP contribution in [0.15, 0.2) is 59.7 Å². The second-order valence-electron chi connectivity index (χ2n) is 8.97. The summed E-state index contributed by atoms with van der Waals surface area (Å²) in [5.74, 6) is -0.872. The second kappa shape index (κ2) is 7.39. The summed E-state index contributed by atoms with van der Waals surface area (Å²) < 4.78 is 42.8. The predicted molar refractivity (Wildman–Crippen MR) is 113 cm³/mol. The number of carbonyl (C=O) groups excluding carboxylic acids is 1. The van der Waals surface area contributed by atoms with E-state index in [0.717, 1.165) is 35.4 Å². The minimum atomic E-state index is -4.57. The van der Waals surface area contributed by atoms with Crippen molar-refractivity contribution >= 4 is 17.4 Å². The van der Waals surface area contributed by atoms with E-state index in [9.17, 15) is 18.0 Å². The molecule has 1 saturated carbocycles. The molecule has 1 aliphatic heterocycles. The third kappa shape index (κ3) is 3.93. The number of esters is 1. The number of alkyl halides is 3. The average Bonchev–Trinajstić information content (AvgIpc) is 3.40. The molecule has 164 valence electrons. The molecule has 31 heavy (non-hydrogen) atoms. The van der Waals surface area contributed by atoms with Crippen LogP contribution in [0, 0.1) is 17.8 Å². The van der Waals surface area contributed by atoms with Gasteiger partial charge in [0.2, 0.25) is 0 Å². The number of halogens is 3. The minimum Gasteiger partial charge on any atom is -0.456 e. The molecule has 7 heteroatoms. The van der Waals surface area contributed by atoms with Crippen LogP contribution in [0.5, 0.6) is 0 Å². The molecule has 1 aliphatic carbocycles. The number of para-hydroxylation sites is 1. The molecule has 0 amide bonds. The highest BCUT2D eigenvalue weighted by Crippen LogP contribution is 2.61. The van der Waals surface area contributed by atoms with Crippen LogP contribution >= 0.6 is 0 Å². The lowest BCUT2D eigenvalue weighted by Crippen LogP contribution is -2.51. The van der Waals surface area contributed by atoms with Gasteiger partial charge < -0.3 is 4.74 Å². The molecule has 1 atom stereocenters. The van der Waals surface area contributed by atoms with Gasteiger partial charge >= 0.3 is 12.1 Å². The maximum absolute atomic E-state index is 12.9. The molecule has 0 aromatic heterocycles. The number of hydrogen-bond donors (Lipinski definition) is 0. The fourth-order valence-electron chi connectivity index (χ4n) is 4.64. The summed E-state index contributed by atoms with van der Waals surface area (Å²) in [5, 5.41) is 6.75. The third-order valence-electron chi connectivity index (χ3n) is 6.12. The quantitative estimate of drug-likeness (QED) is 0.589. The summed E-state index contributed by atoms with van der Waals surface area (Å²) >= 11 is 0. The van der Waals surface area contributed by atoms with Crippen molar-refractivity contribution in [2.24, 2.45) is 15.9 Å². The highest BCUT2D eigenvalue weighted by Gasteiger charge is 2.66. The van der Waals surface area contributed by atoms with Gasteiger partial charge in [0, 0.05) is 5.41 Å². The van der Waals surface area contributed by atoms with Crippen LogP contribution < -0.4 is 5.01 Å². The Labute approximate surface area is 179 Å². The second-order valence-corrected chi connectivity index (χ2v) is 8.97. The molecule has 0 bridgehead atoms. The number of carbonyl (C=O) groups is 1. The van der Waals surface area contributed by atoms with Crippen LogP contribution in [-0.2, 0) is 9.53 Å². The summed E-state index contributed by atoms with van der Waals surface area (Å²) in [6.45, 7) is 3.72. The number of anilines is 1. The van der Waals surface area contributed by atoms with E-state index < -0.39 is 35.6 Å². The number of hydrazone groups is 1. The number of ether oxygens (including phenoxy) is 1. The molecule has 1 unspecified atom stereocenters. The van der Waals surface area contributed by atoms with E-state index in [-0.39, 0.29) is 0 Å². The molecule has 2 aromatic rings. The maximum Gasteiger partial charge on any atom is 0.422 e. The molecule has 0 radical (unpaired) electrons. The average molecular weight is 430 g/mol. The molecule has 4 rings (SSSR count). The number of aryl methyl sites for hydroxylation is 1. The van der Waals surface area contributed by atoms with Crippen LogP contribution in [0.3, 0.4) is 0 Å². The van der Waals surface area contributed by atoms with Crippen molar-refractivity contribution in [2.75, 3.05) is 11.6 Å². The maximum atomic E-state index is 12.9. The van der Waals surface area contributed by atoms with Gasteiger partial charge in [-0.15, -0.1) is 0 Å². The summed E-state index contributed by atoms with van der Waals surface area (Å²) in [5.41, 5.74) is 2.10. The van der Waals surface area contributed by atoms with Gasteiger partial charge in [0.1, 0.15) is 0 Å². The van der Waals surface area contributed by atoms with Gasteiger partial charge in [-0.3, -0.25) is 9.80 Å². The van der Waals surface area contributed by atoms with E-state index >= 15 is 0 Å². The van der Waals surface area contributed by atoms with Crippen molar-refractivity contribution in [1.82, 2.24) is 0 Å². The van der Waals surface area contributed by atoms with Gasteiger partial charge in [0.25, 0.3) is 0 Å². The Morgan fingerprint density at radius 2 is 1.81 bits per heavy atom. The van der Waals surface area contributed by atoms with Gasteiger partial charge in [-0.05, 0) is 51.3 Å². The Balaban J connectivity index is 1.76. The molecular formula is C24H25F3N2O2. The summed E-state index contributed by atoms with van der Waals surface area (Å²) in [6, 6.07) is 17.0. The first kappa shape index (κ1) is 21.4. The summed E-state index contributed by atoms with van der Waals surface area (Å²) in [4.78, 5) is 12.9. The van der Waals surface area contributed by atoms with Gasteiger partial charge in [0.05, 0.1) is 22.9 Å². The van der Waals surface area contributed by atoms with Crippen molar-refractivity contribution in [3.63, 3.8) is 0 Å². The number of benzene rings is 2. The molecule has 0 saturated heterocycles. The number of rotatable bonds is 5. The summed E-state index contributed by atoms with van der Waals surface area (Å²) in [6.07, 6.45) is -2.95. The molecule has 1 heterocycles. The molecular weight excluding hydrogens is 405 g/mol. The fraction of sp³-hybridized carbons (Fsp3) is 0.417. The molecule has 2 aliphatic rings. The van der Waals surface area contributed by atoms with Crippen molar-refractivity contribution in [3.8, 4) is 0 Å². The Bertz CT molecular complexity index is 1010. The van der Waals surface area contributed by atoms with E-state index in [1.165, 1.54) is 0 Å². The summed E-state index contributed by atoms with van der Waals surface area (Å²) in [7, 11) is 0. The lowest BCUT2D eigenvalue weighted by molar-refractivity contribution is -0.193. The molecule has 1 fully saturated rings. The molecule has 1 spiro atoms. The Morgan fingerprint density at radius 3 is 2.39 bits per heavy atom. The van der Waals surface area contributed by atoms with Crippen LogP contribution in [0.2, 0.25) is 0 Å². The fourth-order valence-corrected chi connectivity index (χ4v) is 4.64. The Morgan fingerprint density at radius 1 is 1.13 bits per heavy atom. The third-order valence-corrected chi connectivity index (χ3v) is 6.12. The Hall–Kier alpha value is -2.83. The first-order chi connectivity index (χ1) is 14.5. The van der Waals surface area contributed by atoms with E-state index in [1.807, 2.05) is 55.5 Å². The van der Waals surface area contributed by atoms with Crippen molar-refractivity contribution in [2.45, 2.75) is 45.8 Å². The molecule has 4 nitrogen and oxygen atoms in total. The highest BCUT2D eigenvalue weighted by molar-refractivity contribution is 6.10. The van der Waals surface area contributed by atoms with Crippen LogP contribution in [0.4, 0.5) is 18.9 Å². The van der Waals surface area contributed by atoms with Gasteiger partial charge in [-0.1, -0.05) is 48.0 Å². The van der Waals surface area contributed by atoms with E-state index in [4.69, 9.17) is 9.84 Å². The zero-order valence-corrected chi connectivity index (χ0v) is 17.7. The highest BCUT2D eigenvalue weighted by atomic mass is 19.4. The topological polar surface area (TPSA) is 41.9 Å². The van der Waals surface area contributed by atoms with Crippen molar-refractivity contribution in [3.05, 3.63) is 65.7 Å². The van der Waals surface area contributed by atoms with E-state index in [1.54, 1.807) is 18.9 Å². The molecule has 2 aromatic carbocycles. The van der Waals surface area contributed by atoms with Crippen LogP contribution in [-0.4, -0.2) is 30.5 Å². The minimum absolute atomic E-state index is 0.412. The van der Waals surface area contributed by atoms with Gasteiger partial charge in [-0.25, -0.2) is 0 Å². The zero-order chi connectivity index (χ0) is 22.4. The lowest BCUT2D eigenvalue weighted by atomic mass is 9.72. The largest absolute Gasteiger partial charge is 0.456 e. The van der Waals surface area contributed by atoms with E-state index in [2.05, 4.69) is 6.07 Å². The predicted octanol–water partition coefficient (Wildman–Crippen LogP) is 5.50. The SMILES string of the molecule is Cc1cccc(C2=NN(c3ccccc3)C(C(C)(C)C(=O)OCC(F)(F)F)C23CC3)c1. The van der Waals surface area contributed by atoms with Crippen LogP contribution in [0.1, 0.15) is 37.8 Å². The van der Waals surface area contributed by atoms with Crippen molar-refractivity contribution < 1.29 is 22.7 Å². The van der Waals surface area contributed by atoms with Crippen LogP contribution in [0.25, 0.3) is 0 Å². The monoisotopic (exact) mass is 430 g/mol. The number of hydrogen-bond acceptors (Lipinski definition) is 4. The normalized spacial score (nSPS) is 20.0. The molecule has 0 N–H and O–H groups in total. The van der Waals surface area contributed by atoms with Gasteiger partial charge in [-0.2, -0.15) is 18.3 Å². The number of nitrogens with zero attached hydrogens (tertiary/aromatic N) is 2. The van der Waals surface area contributed by atoms with E-state index in [0.29, 0.717) is 0 Å². The first-order valence-electron chi connectivity index (χ1n) is 10.3.